The number of piperidine rings is 1. The summed E-state index contributed by atoms with van der Waals surface area (Å²) in [5.41, 5.74) is 6.42. The van der Waals surface area contributed by atoms with Crippen LogP contribution in [0.2, 0.25) is 0 Å². The van der Waals surface area contributed by atoms with E-state index in [1.165, 1.54) is 58.0 Å². The summed E-state index contributed by atoms with van der Waals surface area (Å²) in [4.78, 5) is 2.73. The molecule has 0 aromatic rings. The third kappa shape index (κ3) is 3.95. The van der Waals surface area contributed by atoms with Crippen molar-refractivity contribution in [3.05, 3.63) is 0 Å². The molecule has 19 heavy (non-hydrogen) atoms. The summed E-state index contributed by atoms with van der Waals surface area (Å²) in [6.07, 6.45) is 9.50. The summed E-state index contributed by atoms with van der Waals surface area (Å²) >= 11 is 0. The number of hydrogen-bond donors (Lipinski definition) is 1. The second kappa shape index (κ2) is 7.08. The first-order chi connectivity index (χ1) is 9.11. The predicted octanol–water partition coefficient (Wildman–Crippen LogP) is 3.65. The molecule has 1 heterocycles. The van der Waals surface area contributed by atoms with E-state index in [1.807, 2.05) is 0 Å². The molecule has 0 aromatic heterocycles. The highest BCUT2D eigenvalue weighted by Crippen LogP contribution is 2.33. The molecule has 0 bridgehead atoms. The van der Waals surface area contributed by atoms with Crippen LogP contribution >= 0.6 is 0 Å². The molecule has 1 saturated carbocycles. The molecule has 2 aliphatic rings. The monoisotopic (exact) mass is 266 g/mol. The maximum Gasteiger partial charge on any atom is 0.0249 e. The second-order valence-corrected chi connectivity index (χ2v) is 7.32. The van der Waals surface area contributed by atoms with Crippen molar-refractivity contribution in [3.63, 3.8) is 0 Å². The van der Waals surface area contributed by atoms with Crippen molar-refractivity contribution in [1.82, 2.24) is 4.90 Å². The summed E-state index contributed by atoms with van der Waals surface area (Å²) in [5.74, 6) is 2.75. The summed E-state index contributed by atoms with van der Waals surface area (Å²) in [6.45, 7) is 9.66. The van der Waals surface area contributed by atoms with Crippen molar-refractivity contribution in [2.75, 3.05) is 13.1 Å². The van der Waals surface area contributed by atoms with Gasteiger partial charge in [0.05, 0.1) is 0 Å². The first-order valence-electron chi connectivity index (χ1n) is 8.61. The van der Waals surface area contributed by atoms with Gasteiger partial charge in [-0.05, 0) is 62.9 Å². The van der Waals surface area contributed by atoms with Crippen molar-refractivity contribution < 1.29 is 0 Å². The average molecular weight is 266 g/mol. The Labute approximate surface area is 120 Å². The Morgan fingerprint density at radius 1 is 1.11 bits per heavy atom. The Hall–Kier alpha value is -0.0800. The minimum atomic E-state index is 0.434. The third-order valence-electron chi connectivity index (χ3n) is 5.66. The van der Waals surface area contributed by atoms with Crippen LogP contribution in [0.4, 0.5) is 0 Å². The summed E-state index contributed by atoms with van der Waals surface area (Å²) in [7, 11) is 0. The van der Waals surface area contributed by atoms with Gasteiger partial charge in [-0.15, -0.1) is 0 Å². The maximum absolute atomic E-state index is 6.42. The van der Waals surface area contributed by atoms with E-state index in [2.05, 4.69) is 25.7 Å². The van der Waals surface area contributed by atoms with Crippen LogP contribution in [0.25, 0.3) is 0 Å². The molecule has 2 fully saturated rings. The van der Waals surface area contributed by atoms with Crippen LogP contribution in [-0.4, -0.2) is 30.1 Å². The Balaban J connectivity index is 1.86. The molecule has 2 nitrogen and oxygen atoms in total. The van der Waals surface area contributed by atoms with Gasteiger partial charge in [-0.25, -0.2) is 0 Å². The summed E-state index contributed by atoms with van der Waals surface area (Å²) < 4.78 is 0. The first kappa shape index (κ1) is 15.3. The van der Waals surface area contributed by atoms with E-state index < -0.39 is 0 Å². The Kier molecular flexibility index (Phi) is 5.70. The van der Waals surface area contributed by atoms with Crippen molar-refractivity contribution in [1.29, 1.82) is 0 Å². The maximum atomic E-state index is 6.42. The van der Waals surface area contributed by atoms with E-state index in [0.29, 0.717) is 12.1 Å². The molecule has 0 amide bonds. The zero-order valence-electron chi connectivity index (χ0n) is 13.3. The highest BCUT2D eigenvalue weighted by Gasteiger charge is 2.34. The SMILES string of the molecule is CCCC1CCC(N)C(N2CCC(C(C)C)CC2)C1. The Morgan fingerprint density at radius 2 is 1.79 bits per heavy atom. The highest BCUT2D eigenvalue weighted by atomic mass is 15.2. The molecule has 1 saturated heterocycles. The lowest BCUT2D eigenvalue weighted by molar-refractivity contribution is 0.0651. The summed E-state index contributed by atoms with van der Waals surface area (Å²) in [6, 6.07) is 1.11. The molecule has 0 spiro atoms. The second-order valence-electron chi connectivity index (χ2n) is 7.32. The lowest BCUT2D eigenvalue weighted by Gasteiger charge is -2.45. The van der Waals surface area contributed by atoms with Gasteiger partial charge < -0.3 is 5.73 Å². The van der Waals surface area contributed by atoms with Gasteiger partial charge in [0, 0.05) is 12.1 Å². The van der Waals surface area contributed by atoms with Gasteiger partial charge in [-0.1, -0.05) is 33.6 Å². The van der Waals surface area contributed by atoms with Gasteiger partial charge in [0.1, 0.15) is 0 Å². The molecule has 0 aromatic carbocycles. The fourth-order valence-electron chi connectivity index (χ4n) is 4.26. The first-order valence-corrected chi connectivity index (χ1v) is 8.61. The minimum Gasteiger partial charge on any atom is -0.326 e. The van der Waals surface area contributed by atoms with Crippen LogP contribution in [-0.2, 0) is 0 Å². The molecule has 112 valence electrons. The van der Waals surface area contributed by atoms with Crippen LogP contribution in [0.5, 0.6) is 0 Å². The van der Waals surface area contributed by atoms with Gasteiger partial charge in [0.25, 0.3) is 0 Å². The predicted molar refractivity (Wildman–Crippen MR) is 83.1 cm³/mol. The van der Waals surface area contributed by atoms with E-state index >= 15 is 0 Å². The van der Waals surface area contributed by atoms with E-state index in [9.17, 15) is 0 Å². The van der Waals surface area contributed by atoms with Gasteiger partial charge in [-0.2, -0.15) is 0 Å². The van der Waals surface area contributed by atoms with E-state index in [4.69, 9.17) is 5.73 Å². The van der Waals surface area contributed by atoms with Crippen LogP contribution < -0.4 is 5.73 Å². The van der Waals surface area contributed by atoms with Gasteiger partial charge >= 0.3 is 0 Å². The van der Waals surface area contributed by atoms with Crippen molar-refractivity contribution in [2.45, 2.75) is 77.8 Å². The average Bonchev–Trinajstić information content (AvgIpc) is 2.41. The van der Waals surface area contributed by atoms with Crippen LogP contribution in [0.15, 0.2) is 0 Å². The standard InChI is InChI=1S/C17H34N2/c1-4-5-14-6-7-16(18)17(12-14)19-10-8-15(9-11-19)13(2)3/h13-17H,4-12,18H2,1-3H3. The smallest absolute Gasteiger partial charge is 0.0249 e. The normalized spacial score (nSPS) is 34.9. The topological polar surface area (TPSA) is 29.3 Å². The van der Waals surface area contributed by atoms with Crippen molar-refractivity contribution in [3.8, 4) is 0 Å². The number of hydrogen-bond acceptors (Lipinski definition) is 2. The van der Waals surface area contributed by atoms with Crippen LogP contribution in [0, 0.1) is 17.8 Å². The lowest BCUT2D eigenvalue weighted by atomic mass is 9.78. The largest absolute Gasteiger partial charge is 0.326 e. The molecule has 2 rings (SSSR count). The molecule has 3 atom stereocenters. The number of likely N-dealkylation sites (tertiary alicyclic amines) is 1. The quantitative estimate of drug-likeness (QED) is 0.841. The fourth-order valence-corrected chi connectivity index (χ4v) is 4.26. The molecular weight excluding hydrogens is 232 g/mol. The Morgan fingerprint density at radius 3 is 2.37 bits per heavy atom. The molecule has 1 aliphatic carbocycles. The van der Waals surface area contributed by atoms with Gasteiger partial charge in [-0.3, -0.25) is 4.90 Å². The molecule has 0 radical (unpaired) electrons. The third-order valence-corrected chi connectivity index (χ3v) is 5.66. The molecular formula is C17H34N2. The molecule has 3 unspecified atom stereocenters. The summed E-state index contributed by atoms with van der Waals surface area (Å²) in [5, 5.41) is 0. The molecule has 1 aliphatic heterocycles. The zero-order chi connectivity index (χ0) is 13.8. The lowest BCUT2D eigenvalue weighted by Crippen LogP contribution is -2.53. The highest BCUT2D eigenvalue weighted by molar-refractivity contribution is 4.91. The number of nitrogens with zero attached hydrogens (tertiary/aromatic N) is 1. The van der Waals surface area contributed by atoms with Crippen LogP contribution in [0.3, 0.4) is 0 Å². The van der Waals surface area contributed by atoms with Crippen molar-refractivity contribution >= 4 is 0 Å². The van der Waals surface area contributed by atoms with E-state index in [1.54, 1.807) is 0 Å². The Bertz CT molecular complexity index is 256. The number of nitrogens with two attached hydrogens (primary N) is 1. The zero-order valence-corrected chi connectivity index (χ0v) is 13.3. The fraction of sp³-hybridized carbons (Fsp3) is 1.00. The minimum absolute atomic E-state index is 0.434. The van der Waals surface area contributed by atoms with Gasteiger partial charge in [0.15, 0.2) is 0 Å². The van der Waals surface area contributed by atoms with E-state index in [-0.39, 0.29) is 0 Å². The van der Waals surface area contributed by atoms with E-state index in [0.717, 1.165) is 17.8 Å². The molecule has 2 heteroatoms. The number of rotatable bonds is 4. The van der Waals surface area contributed by atoms with Gasteiger partial charge in [0.2, 0.25) is 0 Å². The van der Waals surface area contributed by atoms with Crippen LogP contribution in [0.1, 0.15) is 65.7 Å². The molecule has 2 N–H and O–H groups in total. The van der Waals surface area contributed by atoms with Crippen molar-refractivity contribution in [2.24, 2.45) is 23.5 Å².